The second-order valence-electron chi connectivity index (χ2n) is 3.05. The number of aliphatic hydroxyl groups is 2. The summed E-state index contributed by atoms with van der Waals surface area (Å²) in [5, 5.41) is 17.3. The molecule has 1 atom stereocenters. The Labute approximate surface area is 87.6 Å². The molecule has 0 bridgehead atoms. The smallest absolute Gasteiger partial charge is 0.240 e. The van der Waals surface area contributed by atoms with Gasteiger partial charge < -0.3 is 26.6 Å². The van der Waals surface area contributed by atoms with E-state index < -0.39 is 17.9 Å². The number of rotatable bonds is 7. The standard InChI is InChI=1S/C8H17N3O4/c9-6(5-7(10)14)8(15)11(1-3-12)2-4-13/h6,12-13H,1-5,9H2,(H2,10,14). The van der Waals surface area contributed by atoms with E-state index in [2.05, 4.69) is 0 Å². The van der Waals surface area contributed by atoms with Crippen molar-refractivity contribution in [3.63, 3.8) is 0 Å². The van der Waals surface area contributed by atoms with Gasteiger partial charge in [0.05, 0.1) is 25.7 Å². The van der Waals surface area contributed by atoms with E-state index in [4.69, 9.17) is 21.7 Å². The number of amides is 2. The monoisotopic (exact) mass is 219 g/mol. The van der Waals surface area contributed by atoms with Crippen molar-refractivity contribution < 1.29 is 19.8 Å². The zero-order valence-corrected chi connectivity index (χ0v) is 8.43. The molecule has 6 N–H and O–H groups in total. The van der Waals surface area contributed by atoms with Crippen LogP contribution in [0, 0.1) is 0 Å². The van der Waals surface area contributed by atoms with Crippen molar-refractivity contribution in [2.24, 2.45) is 11.5 Å². The molecule has 7 heteroatoms. The predicted molar refractivity (Wildman–Crippen MR) is 52.5 cm³/mol. The minimum Gasteiger partial charge on any atom is -0.395 e. The highest BCUT2D eigenvalue weighted by Crippen LogP contribution is 1.96. The summed E-state index contributed by atoms with van der Waals surface area (Å²) in [6, 6.07) is -1.01. The first-order valence-electron chi connectivity index (χ1n) is 4.57. The van der Waals surface area contributed by atoms with Crippen molar-refractivity contribution in [2.45, 2.75) is 12.5 Å². The highest BCUT2D eigenvalue weighted by molar-refractivity contribution is 5.87. The summed E-state index contributed by atoms with van der Waals surface area (Å²) in [6.45, 7) is -0.304. The third kappa shape index (κ3) is 5.31. The number of nitrogens with two attached hydrogens (primary N) is 2. The van der Waals surface area contributed by atoms with E-state index in [1.165, 1.54) is 4.90 Å². The van der Waals surface area contributed by atoms with Crippen LogP contribution < -0.4 is 11.5 Å². The highest BCUT2D eigenvalue weighted by atomic mass is 16.3. The van der Waals surface area contributed by atoms with Gasteiger partial charge in [0, 0.05) is 13.1 Å². The van der Waals surface area contributed by atoms with Crippen LogP contribution in [-0.2, 0) is 9.59 Å². The first-order chi connectivity index (χ1) is 7.02. The summed E-state index contributed by atoms with van der Waals surface area (Å²) in [4.78, 5) is 23.2. The number of primary amides is 1. The van der Waals surface area contributed by atoms with Crippen LogP contribution in [0.15, 0.2) is 0 Å². The molecule has 0 aromatic rings. The summed E-state index contributed by atoms with van der Waals surface area (Å²) < 4.78 is 0. The predicted octanol–water partition coefficient (Wildman–Crippen LogP) is -3.00. The molecule has 0 aliphatic rings. The van der Waals surface area contributed by atoms with E-state index in [0.717, 1.165) is 0 Å². The lowest BCUT2D eigenvalue weighted by Crippen LogP contribution is -2.47. The van der Waals surface area contributed by atoms with Gasteiger partial charge in [0.25, 0.3) is 0 Å². The first kappa shape index (κ1) is 13.8. The summed E-state index contributed by atoms with van der Waals surface area (Å²) >= 11 is 0. The Balaban J connectivity index is 4.27. The first-order valence-corrected chi connectivity index (χ1v) is 4.57. The van der Waals surface area contributed by atoms with E-state index >= 15 is 0 Å². The lowest BCUT2D eigenvalue weighted by atomic mass is 10.2. The Morgan fingerprint density at radius 2 is 1.67 bits per heavy atom. The van der Waals surface area contributed by atoms with Gasteiger partial charge in [0.15, 0.2) is 0 Å². The molecule has 15 heavy (non-hydrogen) atoms. The molecule has 0 saturated carbocycles. The van der Waals surface area contributed by atoms with Crippen molar-refractivity contribution in [3.8, 4) is 0 Å². The van der Waals surface area contributed by atoms with Crippen LogP contribution in [0.4, 0.5) is 0 Å². The van der Waals surface area contributed by atoms with Crippen LogP contribution in [0.2, 0.25) is 0 Å². The fourth-order valence-corrected chi connectivity index (χ4v) is 1.11. The Kier molecular flexibility index (Phi) is 6.59. The normalized spacial score (nSPS) is 12.2. The van der Waals surface area contributed by atoms with Gasteiger partial charge in [0.2, 0.25) is 11.8 Å². The average molecular weight is 219 g/mol. The van der Waals surface area contributed by atoms with Crippen LogP contribution in [0.25, 0.3) is 0 Å². The molecule has 0 saturated heterocycles. The van der Waals surface area contributed by atoms with E-state index in [1.807, 2.05) is 0 Å². The van der Waals surface area contributed by atoms with Crippen molar-refractivity contribution in [2.75, 3.05) is 26.3 Å². The molecule has 0 heterocycles. The second kappa shape index (κ2) is 7.16. The topological polar surface area (TPSA) is 130 Å². The third-order valence-corrected chi connectivity index (χ3v) is 1.79. The Hall–Kier alpha value is -1.18. The van der Waals surface area contributed by atoms with E-state index in [1.54, 1.807) is 0 Å². The molecular weight excluding hydrogens is 202 g/mol. The molecule has 0 spiro atoms. The number of hydrogen-bond donors (Lipinski definition) is 4. The van der Waals surface area contributed by atoms with E-state index in [9.17, 15) is 9.59 Å². The molecule has 7 nitrogen and oxygen atoms in total. The minimum atomic E-state index is -1.01. The van der Waals surface area contributed by atoms with E-state index in [0.29, 0.717) is 0 Å². The number of hydrogen-bond acceptors (Lipinski definition) is 5. The molecule has 0 rings (SSSR count). The van der Waals surface area contributed by atoms with Crippen LogP contribution in [-0.4, -0.2) is 59.3 Å². The minimum absolute atomic E-state index is 0.0753. The largest absolute Gasteiger partial charge is 0.395 e. The molecule has 0 aliphatic carbocycles. The lowest BCUT2D eigenvalue weighted by Gasteiger charge is -2.23. The second-order valence-corrected chi connectivity index (χ2v) is 3.05. The van der Waals surface area contributed by atoms with Crippen LogP contribution >= 0.6 is 0 Å². The summed E-state index contributed by atoms with van der Waals surface area (Å²) in [5.41, 5.74) is 10.3. The maximum absolute atomic E-state index is 11.5. The van der Waals surface area contributed by atoms with Gasteiger partial charge in [-0.3, -0.25) is 9.59 Å². The zero-order valence-electron chi connectivity index (χ0n) is 8.43. The Morgan fingerprint density at radius 3 is 2.00 bits per heavy atom. The van der Waals surface area contributed by atoms with Gasteiger partial charge in [-0.05, 0) is 0 Å². The number of carbonyl (C=O) groups excluding carboxylic acids is 2. The highest BCUT2D eigenvalue weighted by Gasteiger charge is 2.21. The van der Waals surface area contributed by atoms with Crippen LogP contribution in [0.1, 0.15) is 6.42 Å². The van der Waals surface area contributed by atoms with Crippen molar-refractivity contribution in [1.29, 1.82) is 0 Å². The summed E-state index contributed by atoms with van der Waals surface area (Å²) in [5.74, 6) is -1.17. The lowest BCUT2D eigenvalue weighted by molar-refractivity contribution is -0.135. The molecule has 0 aromatic heterocycles. The third-order valence-electron chi connectivity index (χ3n) is 1.79. The molecule has 0 aromatic carbocycles. The Bertz CT molecular complexity index is 216. The number of nitrogens with zero attached hydrogens (tertiary/aromatic N) is 1. The van der Waals surface area contributed by atoms with Crippen molar-refractivity contribution >= 4 is 11.8 Å². The van der Waals surface area contributed by atoms with Crippen LogP contribution in [0.3, 0.4) is 0 Å². The molecule has 0 radical (unpaired) electrons. The maximum atomic E-state index is 11.5. The average Bonchev–Trinajstić information content (AvgIpc) is 2.15. The van der Waals surface area contributed by atoms with Gasteiger partial charge in [-0.25, -0.2) is 0 Å². The van der Waals surface area contributed by atoms with Crippen molar-refractivity contribution in [3.05, 3.63) is 0 Å². The molecule has 0 aliphatic heterocycles. The summed E-state index contributed by atoms with van der Waals surface area (Å²) in [6.07, 6.45) is -0.244. The van der Waals surface area contributed by atoms with Gasteiger partial charge in [-0.15, -0.1) is 0 Å². The van der Waals surface area contributed by atoms with Gasteiger partial charge in [-0.2, -0.15) is 0 Å². The molecule has 2 amide bonds. The SMILES string of the molecule is NC(=O)CC(N)C(=O)N(CCO)CCO. The fraction of sp³-hybridized carbons (Fsp3) is 0.750. The van der Waals surface area contributed by atoms with Crippen molar-refractivity contribution in [1.82, 2.24) is 4.90 Å². The number of aliphatic hydroxyl groups excluding tert-OH is 2. The number of carbonyl (C=O) groups is 2. The maximum Gasteiger partial charge on any atom is 0.240 e. The fourth-order valence-electron chi connectivity index (χ4n) is 1.11. The van der Waals surface area contributed by atoms with Gasteiger partial charge in [-0.1, -0.05) is 0 Å². The van der Waals surface area contributed by atoms with Gasteiger partial charge in [0.1, 0.15) is 0 Å². The summed E-state index contributed by atoms with van der Waals surface area (Å²) in [7, 11) is 0. The molecule has 88 valence electrons. The van der Waals surface area contributed by atoms with Gasteiger partial charge >= 0.3 is 0 Å². The Morgan fingerprint density at radius 1 is 1.20 bits per heavy atom. The molecular formula is C8H17N3O4. The van der Waals surface area contributed by atoms with Crippen LogP contribution in [0.5, 0.6) is 0 Å². The quantitative estimate of drug-likeness (QED) is 0.362. The molecule has 0 fully saturated rings. The molecule has 1 unspecified atom stereocenters. The van der Waals surface area contributed by atoms with E-state index in [-0.39, 0.29) is 32.7 Å². The zero-order chi connectivity index (χ0) is 11.8.